The molecule has 1 heterocycles. The van der Waals surface area contributed by atoms with Crippen LogP contribution >= 0.6 is 11.6 Å². The van der Waals surface area contributed by atoms with Crippen molar-refractivity contribution in [2.24, 2.45) is 0 Å². The summed E-state index contributed by atoms with van der Waals surface area (Å²) >= 11 is 5.53. The van der Waals surface area contributed by atoms with E-state index < -0.39 is 0 Å². The molecule has 0 saturated carbocycles. The zero-order chi connectivity index (χ0) is 9.68. The van der Waals surface area contributed by atoms with Gasteiger partial charge in [-0.2, -0.15) is 4.98 Å². The van der Waals surface area contributed by atoms with Crippen molar-refractivity contribution in [3.63, 3.8) is 0 Å². The second-order valence-electron chi connectivity index (χ2n) is 2.72. The largest absolute Gasteiger partial charge is 0.374 e. The van der Waals surface area contributed by atoms with Crippen LogP contribution in [0, 0.1) is 0 Å². The second kappa shape index (κ2) is 5.19. The molecule has 13 heavy (non-hydrogen) atoms. The Labute approximate surface area is 82.2 Å². The van der Waals surface area contributed by atoms with Crippen molar-refractivity contribution in [2.45, 2.75) is 25.9 Å². The molecule has 0 aromatic carbocycles. The number of ether oxygens (including phenoxy) is 1. The van der Waals surface area contributed by atoms with Gasteiger partial charge in [-0.25, -0.2) is 0 Å². The van der Waals surface area contributed by atoms with Gasteiger partial charge in [0.2, 0.25) is 5.89 Å². The molecule has 1 rings (SSSR count). The summed E-state index contributed by atoms with van der Waals surface area (Å²) in [6, 6.07) is 0. The van der Waals surface area contributed by atoms with Crippen LogP contribution in [0.1, 0.15) is 31.2 Å². The van der Waals surface area contributed by atoms with E-state index in [0.29, 0.717) is 17.6 Å². The third kappa shape index (κ3) is 2.97. The molecular weight excluding hydrogens is 192 g/mol. The summed E-state index contributed by atoms with van der Waals surface area (Å²) in [5.41, 5.74) is 0. The molecule has 4 nitrogen and oxygen atoms in total. The van der Waals surface area contributed by atoms with E-state index in [0.717, 1.165) is 12.8 Å². The van der Waals surface area contributed by atoms with Gasteiger partial charge in [0.1, 0.15) is 6.10 Å². The summed E-state index contributed by atoms with van der Waals surface area (Å²) in [6.45, 7) is 1.87. The summed E-state index contributed by atoms with van der Waals surface area (Å²) < 4.78 is 10.0. The molecule has 0 N–H and O–H groups in total. The summed E-state index contributed by atoms with van der Waals surface area (Å²) in [6.07, 6.45) is 1.46. The fraction of sp³-hybridized carbons (Fsp3) is 0.750. The Morgan fingerprint density at radius 1 is 1.62 bits per heavy atom. The van der Waals surface area contributed by atoms with Crippen molar-refractivity contribution in [1.82, 2.24) is 10.1 Å². The third-order valence-corrected chi connectivity index (χ3v) is 1.99. The van der Waals surface area contributed by atoms with Crippen molar-refractivity contribution >= 4 is 11.6 Å². The predicted octanol–water partition coefficient (Wildman–Crippen LogP) is 1.95. The van der Waals surface area contributed by atoms with Crippen LogP contribution in [0.5, 0.6) is 0 Å². The number of alkyl halides is 1. The zero-order valence-electron chi connectivity index (χ0n) is 7.79. The van der Waals surface area contributed by atoms with E-state index >= 15 is 0 Å². The lowest BCUT2D eigenvalue weighted by molar-refractivity contribution is 0.109. The summed E-state index contributed by atoms with van der Waals surface area (Å²) in [7, 11) is 1.61. The van der Waals surface area contributed by atoms with Crippen LogP contribution in [0.15, 0.2) is 4.52 Å². The average molecular weight is 205 g/mol. The van der Waals surface area contributed by atoms with Crippen molar-refractivity contribution < 1.29 is 9.26 Å². The number of halogens is 1. The van der Waals surface area contributed by atoms with E-state index in [9.17, 15) is 0 Å². The summed E-state index contributed by atoms with van der Waals surface area (Å²) in [4.78, 5) is 4.16. The highest BCUT2D eigenvalue weighted by Gasteiger charge is 2.11. The minimum absolute atomic E-state index is 0.117. The molecule has 0 amide bonds. The molecule has 5 heteroatoms. The molecule has 1 unspecified atom stereocenters. The molecule has 1 aromatic heterocycles. The van der Waals surface area contributed by atoms with Crippen LogP contribution in [-0.4, -0.2) is 23.1 Å². The van der Waals surface area contributed by atoms with E-state index in [4.69, 9.17) is 20.9 Å². The first-order valence-electron chi connectivity index (χ1n) is 4.19. The molecule has 74 valence electrons. The molecule has 0 radical (unpaired) electrons. The first-order chi connectivity index (χ1) is 6.27. The van der Waals surface area contributed by atoms with Crippen LogP contribution in [0.25, 0.3) is 0 Å². The minimum atomic E-state index is -0.117. The highest BCUT2D eigenvalue weighted by molar-refractivity contribution is 6.17. The Balaban J connectivity index is 2.53. The van der Waals surface area contributed by atoms with Crippen molar-refractivity contribution in [3.8, 4) is 0 Å². The van der Waals surface area contributed by atoms with Crippen molar-refractivity contribution in [2.75, 3.05) is 13.0 Å². The molecule has 0 aliphatic rings. The Morgan fingerprint density at radius 2 is 2.38 bits per heavy atom. The molecule has 0 spiro atoms. The molecule has 0 aliphatic carbocycles. The van der Waals surface area contributed by atoms with Crippen molar-refractivity contribution in [1.29, 1.82) is 0 Å². The molecule has 0 bridgehead atoms. The van der Waals surface area contributed by atoms with Crippen LogP contribution in [0.2, 0.25) is 0 Å². The Hall–Kier alpha value is -0.610. The highest BCUT2D eigenvalue weighted by atomic mass is 35.5. The highest BCUT2D eigenvalue weighted by Crippen LogP contribution is 2.12. The molecule has 0 fully saturated rings. The van der Waals surface area contributed by atoms with Crippen LogP contribution in [-0.2, 0) is 11.2 Å². The number of hydrogen-bond acceptors (Lipinski definition) is 4. The average Bonchev–Trinajstić information content (AvgIpc) is 2.62. The quantitative estimate of drug-likeness (QED) is 0.688. The van der Waals surface area contributed by atoms with Crippen LogP contribution in [0.4, 0.5) is 0 Å². The van der Waals surface area contributed by atoms with Crippen molar-refractivity contribution in [3.05, 3.63) is 11.7 Å². The number of aromatic nitrogens is 2. The van der Waals surface area contributed by atoms with Gasteiger partial charge in [0.25, 0.3) is 0 Å². The minimum Gasteiger partial charge on any atom is -0.374 e. The van der Waals surface area contributed by atoms with Crippen LogP contribution < -0.4 is 0 Å². The first-order valence-corrected chi connectivity index (χ1v) is 4.72. The molecule has 0 saturated heterocycles. The van der Waals surface area contributed by atoms with Gasteiger partial charge in [-0.15, -0.1) is 11.6 Å². The van der Waals surface area contributed by atoms with Crippen LogP contribution in [0.3, 0.4) is 0 Å². The van der Waals surface area contributed by atoms with Gasteiger partial charge in [-0.1, -0.05) is 5.16 Å². The normalized spacial score (nSPS) is 13.2. The van der Waals surface area contributed by atoms with Gasteiger partial charge in [-0.3, -0.25) is 0 Å². The molecular formula is C8H13ClN2O2. The van der Waals surface area contributed by atoms with E-state index in [-0.39, 0.29) is 6.10 Å². The fourth-order valence-electron chi connectivity index (χ4n) is 0.858. The Kier molecular flexibility index (Phi) is 4.18. The van der Waals surface area contributed by atoms with Gasteiger partial charge < -0.3 is 9.26 Å². The summed E-state index contributed by atoms with van der Waals surface area (Å²) in [5, 5.41) is 3.79. The monoisotopic (exact) mass is 204 g/mol. The molecule has 1 aromatic rings. The number of aryl methyl sites for hydroxylation is 1. The number of hydrogen-bond donors (Lipinski definition) is 0. The topological polar surface area (TPSA) is 48.2 Å². The maximum atomic E-state index is 5.53. The zero-order valence-corrected chi connectivity index (χ0v) is 8.54. The van der Waals surface area contributed by atoms with Gasteiger partial charge in [-0.05, 0) is 13.3 Å². The Morgan fingerprint density at radius 3 is 3.00 bits per heavy atom. The standard InChI is InChI=1S/C8H13ClN2O2/c1-6(12-2)8-10-7(13-11-8)4-3-5-9/h6H,3-5H2,1-2H3. The lowest BCUT2D eigenvalue weighted by Gasteiger charge is -2.00. The van der Waals surface area contributed by atoms with E-state index in [1.54, 1.807) is 7.11 Å². The SMILES string of the molecule is COC(C)c1noc(CCCCl)n1. The van der Waals surface area contributed by atoms with Gasteiger partial charge in [0.05, 0.1) is 0 Å². The van der Waals surface area contributed by atoms with E-state index in [1.807, 2.05) is 6.92 Å². The predicted molar refractivity (Wildman–Crippen MR) is 48.8 cm³/mol. The van der Waals surface area contributed by atoms with Gasteiger partial charge >= 0.3 is 0 Å². The Bertz CT molecular complexity index is 252. The first kappa shape index (κ1) is 10.5. The van der Waals surface area contributed by atoms with Gasteiger partial charge in [0, 0.05) is 19.4 Å². The molecule has 1 atom stereocenters. The lowest BCUT2D eigenvalue weighted by Crippen LogP contribution is -1.98. The molecule has 0 aliphatic heterocycles. The number of rotatable bonds is 5. The lowest BCUT2D eigenvalue weighted by atomic mass is 10.3. The third-order valence-electron chi connectivity index (χ3n) is 1.73. The summed E-state index contributed by atoms with van der Waals surface area (Å²) in [5.74, 6) is 1.82. The maximum Gasteiger partial charge on any atom is 0.226 e. The maximum absolute atomic E-state index is 5.53. The van der Waals surface area contributed by atoms with E-state index in [1.165, 1.54) is 0 Å². The van der Waals surface area contributed by atoms with Gasteiger partial charge in [0.15, 0.2) is 5.82 Å². The second-order valence-corrected chi connectivity index (χ2v) is 3.09. The number of methoxy groups -OCH3 is 1. The fourth-order valence-corrected chi connectivity index (χ4v) is 0.992. The van der Waals surface area contributed by atoms with E-state index in [2.05, 4.69) is 10.1 Å². The smallest absolute Gasteiger partial charge is 0.226 e. The number of nitrogens with zero attached hydrogens (tertiary/aromatic N) is 2.